The van der Waals surface area contributed by atoms with Crippen LogP contribution >= 0.6 is 0 Å². The molecule has 0 atom stereocenters. The number of nitrogens with zero attached hydrogens (tertiary/aromatic N) is 4. The molecule has 0 fully saturated rings. The minimum absolute atomic E-state index is 0. The third-order valence-corrected chi connectivity index (χ3v) is 10.4. The van der Waals surface area contributed by atoms with Gasteiger partial charge in [0.1, 0.15) is 0 Å². The second-order valence-electron chi connectivity index (χ2n) is 12.8. The molecule has 4 aliphatic carbocycles. The van der Waals surface area contributed by atoms with Gasteiger partial charge in [-0.1, -0.05) is 46.5 Å². The van der Waals surface area contributed by atoms with Gasteiger partial charge in [-0.2, -0.15) is 0 Å². The molecule has 1 radical (unpaired) electrons. The van der Waals surface area contributed by atoms with Gasteiger partial charge < -0.3 is 9.97 Å². The van der Waals surface area contributed by atoms with E-state index >= 15 is 0 Å². The van der Waals surface area contributed by atoms with Gasteiger partial charge in [-0.05, 0) is 125 Å². The molecule has 9 rings (SSSR count). The summed E-state index contributed by atoms with van der Waals surface area (Å²) in [6.45, 7) is 0. The molecule has 6 aliphatic rings. The Bertz CT molecular complexity index is 1560. The first-order valence-corrected chi connectivity index (χ1v) is 15.9. The van der Waals surface area contributed by atoms with E-state index in [0.29, 0.717) is 0 Å². The topological polar surface area (TPSA) is 54.0 Å². The maximum Gasteiger partial charge on any atom is 2.00 e. The van der Waals surface area contributed by atoms with Gasteiger partial charge in [0.15, 0.2) is 0 Å². The fourth-order valence-corrected chi connectivity index (χ4v) is 8.41. The fraction of sp³-hybridized carbons (Fsp3) is 0.444. The first-order chi connectivity index (χ1) is 19.8. The van der Waals surface area contributed by atoms with Crippen molar-refractivity contribution in [3.63, 3.8) is 0 Å². The summed E-state index contributed by atoms with van der Waals surface area (Å²) in [6, 6.07) is 9.34. The minimum Gasteiger partial charge on any atom is -0.657 e. The van der Waals surface area contributed by atoms with Gasteiger partial charge in [-0.25, -0.2) is 9.97 Å². The molecule has 0 unspecified atom stereocenters. The average Bonchev–Trinajstić information content (AvgIpc) is 3.73. The van der Waals surface area contributed by atoms with Gasteiger partial charge in [-0.3, -0.25) is 0 Å². The van der Waals surface area contributed by atoms with Crippen LogP contribution in [-0.4, -0.2) is 9.97 Å². The van der Waals surface area contributed by atoms with Crippen molar-refractivity contribution in [1.82, 2.24) is 19.9 Å². The molecule has 3 aromatic heterocycles. The van der Waals surface area contributed by atoms with Crippen LogP contribution in [0.4, 0.5) is 0 Å². The van der Waals surface area contributed by atoms with E-state index in [9.17, 15) is 0 Å². The van der Waals surface area contributed by atoms with Crippen LogP contribution in [0.3, 0.4) is 0 Å². The van der Waals surface area contributed by atoms with Crippen LogP contribution < -0.4 is 9.97 Å². The summed E-state index contributed by atoms with van der Waals surface area (Å²) in [4.78, 5) is 21.3. The molecule has 0 saturated heterocycles. The van der Waals surface area contributed by atoms with E-state index in [4.69, 9.17) is 19.9 Å². The molecule has 41 heavy (non-hydrogen) atoms. The molecule has 5 heteroatoms. The molecule has 3 aromatic rings. The van der Waals surface area contributed by atoms with Crippen LogP contribution in [0.15, 0.2) is 24.3 Å². The summed E-state index contributed by atoms with van der Waals surface area (Å²) in [7, 11) is 0. The van der Waals surface area contributed by atoms with Crippen molar-refractivity contribution in [3.8, 4) is 0 Å². The van der Waals surface area contributed by atoms with Crippen molar-refractivity contribution in [2.24, 2.45) is 0 Å². The summed E-state index contributed by atoms with van der Waals surface area (Å²) >= 11 is 0. The van der Waals surface area contributed by atoms with Gasteiger partial charge in [0.25, 0.3) is 0 Å². The van der Waals surface area contributed by atoms with Crippen molar-refractivity contribution in [2.75, 3.05) is 0 Å². The maximum atomic E-state index is 5.34. The molecular weight excluding hydrogens is 543 g/mol. The molecular formula is C36H36MnN4. The Morgan fingerprint density at radius 2 is 0.610 bits per heavy atom. The molecule has 0 amide bonds. The summed E-state index contributed by atoms with van der Waals surface area (Å²) in [5, 5.41) is 0. The molecule has 0 saturated carbocycles. The second kappa shape index (κ2) is 10.1. The number of rotatable bonds is 0. The maximum absolute atomic E-state index is 5.34. The summed E-state index contributed by atoms with van der Waals surface area (Å²) in [5.74, 6) is 0. The predicted octanol–water partition coefficient (Wildman–Crippen LogP) is 8.30. The fourth-order valence-electron chi connectivity index (χ4n) is 8.41. The number of aryl methyl sites for hydroxylation is 4. The van der Waals surface area contributed by atoms with Crippen LogP contribution in [0.1, 0.15) is 122 Å². The van der Waals surface area contributed by atoms with Gasteiger partial charge >= 0.3 is 17.1 Å². The number of hydrogen-bond acceptors (Lipinski definition) is 2. The van der Waals surface area contributed by atoms with Crippen molar-refractivity contribution in [3.05, 3.63) is 69.3 Å². The zero-order chi connectivity index (χ0) is 26.2. The van der Waals surface area contributed by atoms with Crippen LogP contribution in [0, 0.1) is 0 Å². The minimum atomic E-state index is 0. The van der Waals surface area contributed by atoms with Crippen LogP contribution in [0.25, 0.3) is 44.4 Å². The van der Waals surface area contributed by atoms with Crippen LogP contribution in [0.5, 0.6) is 0 Å². The molecule has 4 nitrogen and oxygen atoms in total. The van der Waals surface area contributed by atoms with E-state index < -0.39 is 0 Å². The standard InChI is InChI=1S/C36H36N4.Mn/c1-2-10-22-21(9-1)29-17-31-23-11-3-4-12-24(23)33(38-31)19-35-27-15-7-8-16-28(27)36(40-35)20-34-26-14-6-5-13-25(26)32(39-34)18-30(22)37-29;/h17-20H,1-16H2;/q-2;+2. The van der Waals surface area contributed by atoms with E-state index in [2.05, 4.69) is 24.3 Å². The summed E-state index contributed by atoms with van der Waals surface area (Å²) in [5.41, 5.74) is 20.9. The Morgan fingerprint density at radius 1 is 0.366 bits per heavy atom. The van der Waals surface area contributed by atoms with Gasteiger partial charge in [0.2, 0.25) is 0 Å². The number of allylic oxidation sites excluding steroid dienone is 4. The molecule has 207 valence electrons. The molecule has 5 heterocycles. The van der Waals surface area contributed by atoms with Crippen LogP contribution in [-0.2, 0) is 42.8 Å². The van der Waals surface area contributed by atoms with Gasteiger partial charge in [0.05, 0.1) is 22.8 Å². The number of aromatic nitrogens is 4. The smallest absolute Gasteiger partial charge is 0.657 e. The van der Waals surface area contributed by atoms with E-state index in [1.807, 2.05) is 0 Å². The molecule has 0 N–H and O–H groups in total. The summed E-state index contributed by atoms with van der Waals surface area (Å²) in [6.07, 6.45) is 19.0. The first-order valence-electron chi connectivity index (χ1n) is 15.9. The van der Waals surface area contributed by atoms with Gasteiger partial charge in [0, 0.05) is 0 Å². The normalized spacial score (nSPS) is 19.7. The van der Waals surface area contributed by atoms with Crippen molar-refractivity contribution in [1.29, 1.82) is 0 Å². The number of hydrogen-bond donors (Lipinski definition) is 0. The monoisotopic (exact) mass is 579 g/mol. The zero-order valence-corrected chi connectivity index (χ0v) is 25.0. The van der Waals surface area contributed by atoms with Gasteiger partial charge in [-0.15, -0.1) is 22.1 Å². The molecule has 0 spiro atoms. The van der Waals surface area contributed by atoms with Crippen molar-refractivity contribution in [2.45, 2.75) is 103 Å². The summed E-state index contributed by atoms with van der Waals surface area (Å²) < 4.78 is 0. The Balaban J connectivity index is 0.00000256. The Labute approximate surface area is 252 Å². The average molecular weight is 580 g/mol. The van der Waals surface area contributed by atoms with E-state index in [-0.39, 0.29) is 17.1 Å². The zero-order valence-electron chi connectivity index (χ0n) is 23.8. The van der Waals surface area contributed by atoms with E-state index in [0.717, 1.165) is 96.2 Å². The third-order valence-electron chi connectivity index (χ3n) is 10.4. The predicted molar refractivity (Wildman–Crippen MR) is 163 cm³/mol. The molecule has 2 aliphatic heterocycles. The quantitative estimate of drug-likeness (QED) is 0.252. The Morgan fingerprint density at radius 3 is 0.878 bits per heavy atom. The van der Waals surface area contributed by atoms with E-state index in [1.165, 1.54) is 95.9 Å². The Kier molecular flexibility index (Phi) is 6.38. The van der Waals surface area contributed by atoms with Crippen molar-refractivity contribution >= 4 is 44.4 Å². The largest absolute Gasteiger partial charge is 2.00 e. The third kappa shape index (κ3) is 4.14. The van der Waals surface area contributed by atoms with E-state index in [1.54, 1.807) is 0 Å². The molecule has 8 bridgehead atoms. The second-order valence-corrected chi connectivity index (χ2v) is 12.8. The first kappa shape index (κ1) is 25.8. The van der Waals surface area contributed by atoms with Crippen molar-refractivity contribution < 1.29 is 17.1 Å². The molecule has 0 aromatic carbocycles. The van der Waals surface area contributed by atoms with Crippen LogP contribution in [0.2, 0.25) is 0 Å². The number of fused-ring (bicyclic) bond motifs is 18. The SMILES string of the molecule is [Mn+2].c1c2nc(cc3[n-]c(cc4nc(cc5[n-]c1c1c5CCCC1)C1=C4CCCC1)c1c3CCCC1)C1=C2CCCC1. The Hall–Kier alpha value is -2.88.